The third kappa shape index (κ3) is 4.59. The molecule has 2 atom stereocenters. The summed E-state index contributed by atoms with van der Waals surface area (Å²) in [7, 11) is 0. The summed E-state index contributed by atoms with van der Waals surface area (Å²) in [5, 5.41) is 15.3. The van der Waals surface area contributed by atoms with Crippen LogP contribution in [0.5, 0.6) is 0 Å². The fraction of sp³-hybridized carbons (Fsp3) is 0.909. The molecule has 3 nitrogen and oxygen atoms in total. The van der Waals surface area contributed by atoms with Crippen LogP contribution in [0.25, 0.3) is 0 Å². The number of piperidine rings is 1. The first-order valence-corrected chi connectivity index (χ1v) is 5.66. The van der Waals surface area contributed by atoms with E-state index in [1.807, 2.05) is 0 Å². The zero-order valence-electron chi connectivity index (χ0n) is 9.05. The molecule has 0 aromatic carbocycles. The van der Waals surface area contributed by atoms with Crippen molar-refractivity contribution in [2.75, 3.05) is 13.1 Å². The lowest BCUT2D eigenvalue weighted by molar-refractivity contribution is 0.346. The van der Waals surface area contributed by atoms with Gasteiger partial charge in [0, 0.05) is 25.0 Å². The second kappa shape index (κ2) is 6.80. The minimum absolute atomic E-state index is 0.527. The molecule has 0 amide bonds. The quantitative estimate of drug-likeness (QED) is 0.652. The summed E-state index contributed by atoms with van der Waals surface area (Å²) >= 11 is 0. The lowest BCUT2D eigenvalue weighted by Crippen LogP contribution is -2.40. The third-order valence-electron chi connectivity index (χ3n) is 2.78. The highest BCUT2D eigenvalue weighted by molar-refractivity contribution is 4.78. The summed E-state index contributed by atoms with van der Waals surface area (Å²) in [5.74, 6) is 0. The molecule has 14 heavy (non-hydrogen) atoms. The fourth-order valence-corrected chi connectivity index (χ4v) is 2.01. The maximum absolute atomic E-state index is 8.40. The highest BCUT2D eigenvalue weighted by Gasteiger charge is 2.14. The molecule has 3 heteroatoms. The Hall–Kier alpha value is -0.590. The minimum Gasteiger partial charge on any atom is -0.314 e. The van der Waals surface area contributed by atoms with Gasteiger partial charge in [-0.3, -0.25) is 0 Å². The molecule has 0 aromatic heterocycles. The molecule has 0 aliphatic carbocycles. The number of hydrogen-bond donors (Lipinski definition) is 2. The summed E-state index contributed by atoms with van der Waals surface area (Å²) in [5.41, 5.74) is 0. The third-order valence-corrected chi connectivity index (χ3v) is 2.78. The largest absolute Gasteiger partial charge is 0.314 e. The summed E-state index contributed by atoms with van der Waals surface area (Å²) in [6, 6.07) is 3.36. The van der Waals surface area contributed by atoms with Crippen molar-refractivity contribution < 1.29 is 0 Å². The van der Waals surface area contributed by atoms with E-state index in [9.17, 15) is 0 Å². The van der Waals surface area contributed by atoms with Gasteiger partial charge in [0.25, 0.3) is 0 Å². The van der Waals surface area contributed by atoms with Crippen molar-refractivity contribution in [2.24, 2.45) is 0 Å². The van der Waals surface area contributed by atoms with Crippen molar-refractivity contribution in [3.8, 4) is 6.07 Å². The van der Waals surface area contributed by atoms with Gasteiger partial charge in [0.05, 0.1) is 6.07 Å². The van der Waals surface area contributed by atoms with Gasteiger partial charge >= 0.3 is 0 Å². The molecule has 1 saturated heterocycles. The first kappa shape index (κ1) is 11.5. The van der Waals surface area contributed by atoms with Gasteiger partial charge < -0.3 is 10.6 Å². The van der Waals surface area contributed by atoms with E-state index in [2.05, 4.69) is 23.6 Å². The zero-order valence-corrected chi connectivity index (χ0v) is 9.05. The topological polar surface area (TPSA) is 47.8 Å². The molecule has 0 aromatic rings. The zero-order chi connectivity index (χ0) is 10.2. The molecule has 0 bridgehead atoms. The van der Waals surface area contributed by atoms with Crippen LogP contribution in [0.2, 0.25) is 0 Å². The number of nitriles is 1. The average molecular weight is 195 g/mol. The number of nitrogens with zero attached hydrogens (tertiary/aromatic N) is 1. The van der Waals surface area contributed by atoms with Crippen LogP contribution in [-0.4, -0.2) is 25.2 Å². The van der Waals surface area contributed by atoms with E-state index in [-0.39, 0.29) is 0 Å². The van der Waals surface area contributed by atoms with Crippen LogP contribution in [0.1, 0.15) is 39.0 Å². The van der Waals surface area contributed by atoms with Crippen LogP contribution in [0.15, 0.2) is 0 Å². The minimum atomic E-state index is 0.527. The maximum Gasteiger partial charge on any atom is 0.0635 e. The van der Waals surface area contributed by atoms with Crippen LogP contribution in [0, 0.1) is 11.3 Å². The molecule has 2 unspecified atom stereocenters. The Balaban J connectivity index is 2.06. The second-order valence-corrected chi connectivity index (χ2v) is 4.15. The van der Waals surface area contributed by atoms with Crippen LogP contribution in [0.3, 0.4) is 0 Å². The van der Waals surface area contributed by atoms with Gasteiger partial charge in [-0.2, -0.15) is 5.26 Å². The van der Waals surface area contributed by atoms with E-state index >= 15 is 0 Å². The highest BCUT2D eigenvalue weighted by Crippen LogP contribution is 2.11. The Bertz CT molecular complexity index is 179. The van der Waals surface area contributed by atoms with Gasteiger partial charge in [-0.25, -0.2) is 0 Å². The molecule has 1 fully saturated rings. The SMILES string of the molecule is CC(CC1CCCCN1)NCCC#N. The standard InChI is InChI=1S/C11H21N3/c1-10(13-8-4-6-12)9-11-5-2-3-7-14-11/h10-11,13-14H,2-5,7-9H2,1H3. The normalized spacial score (nSPS) is 24.1. The van der Waals surface area contributed by atoms with Crippen molar-refractivity contribution in [1.29, 1.82) is 5.26 Å². The van der Waals surface area contributed by atoms with E-state index in [1.165, 1.54) is 32.2 Å². The molecule has 2 N–H and O–H groups in total. The van der Waals surface area contributed by atoms with Crippen LogP contribution in [-0.2, 0) is 0 Å². The highest BCUT2D eigenvalue weighted by atomic mass is 14.9. The Labute approximate surface area is 86.9 Å². The Morgan fingerprint density at radius 3 is 3.07 bits per heavy atom. The maximum atomic E-state index is 8.40. The van der Waals surface area contributed by atoms with Crippen molar-refractivity contribution in [2.45, 2.75) is 51.1 Å². The summed E-state index contributed by atoms with van der Waals surface area (Å²) in [6.45, 7) is 4.20. The lowest BCUT2D eigenvalue weighted by atomic mass is 9.99. The molecule has 0 spiro atoms. The van der Waals surface area contributed by atoms with E-state index in [1.54, 1.807) is 0 Å². The monoisotopic (exact) mass is 195 g/mol. The fourth-order valence-electron chi connectivity index (χ4n) is 2.01. The lowest BCUT2D eigenvalue weighted by Gasteiger charge is -2.26. The van der Waals surface area contributed by atoms with Crippen molar-refractivity contribution in [3.63, 3.8) is 0 Å². The van der Waals surface area contributed by atoms with Crippen molar-refractivity contribution >= 4 is 0 Å². The van der Waals surface area contributed by atoms with Crippen LogP contribution < -0.4 is 10.6 Å². The van der Waals surface area contributed by atoms with Gasteiger partial charge in [-0.1, -0.05) is 6.42 Å². The predicted octanol–water partition coefficient (Wildman–Crippen LogP) is 1.41. The van der Waals surface area contributed by atoms with Gasteiger partial charge in [-0.15, -0.1) is 0 Å². The first-order chi connectivity index (χ1) is 6.83. The number of hydrogen-bond acceptors (Lipinski definition) is 3. The van der Waals surface area contributed by atoms with Gasteiger partial charge in [0.2, 0.25) is 0 Å². The van der Waals surface area contributed by atoms with Crippen molar-refractivity contribution in [3.05, 3.63) is 0 Å². The molecule has 1 aliphatic heterocycles. The molecule has 1 heterocycles. The predicted molar refractivity (Wildman–Crippen MR) is 58.0 cm³/mol. The molecule has 1 rings (SSSR count). The summed E-state index contributed by atoms with van der Waals surface area (Å²) in [6.07, 6.45) is 5.80. The smallest absolute Gasteiger partial charge is 0.0635 e. The summed E-state index contributed by atoms with van der Waals surface area (Å²) in [4.78, 5) is 0. The number of rotatable bonds is 5. The Morgan fingerprint density at radius 2 is 2.43 bits per heavy atom. The Kier molecular flexibility index (Phi) is 5.58. The number of nitrogens with one attached hydrogen (secondary N) is 2. The van der Waals surface area contributed by atoms with E-state index in [4.69, 9.17) is 5.26 Å². The van der Waals surface area contributed by atoms with Crippen LogP contribution in [0.4, 0.5) is 0 Å². The van der Waals surface area contributed by atoms with Crippen LogP contribution >= 0.6 is 0 Å². The molecule has 0 radical (unpaired) electrons. The van der Waals surface area contributed by atoms with Gasteiger partial charge in [-0.05, 0) is 32.7 Å². The Morgan fingerprint density at radius 1 is 1.57 bits per heavy atom. The first-order valence-electron chi connectivity index (χ1n) is 5.66. The molecule has 1 aliphatic rings. The van der Waals surface area contributed by atoms with Gasteiger partial charge in [0.15, 0.2) is 0 Å². The second-order valence-electron chi connectivity index (χ2n) is 4.15. The average Bonchev–Trinajstić information content (AvgIpc) is 2.20. The molecule has 0 saturated carbocycles. The van der Waals surface area contributed by atoms with E-state index in [0.29, 0.717) is 18.5 Å². The molecule has 80 valence electrons. The van der Waals surface area contributed by atoms with Gasteiger partial charge in [0.1, 0.15) is 0 Å². The molecular weight excluding hydrogens is 174 g/mol. The van der Waals surface area contributed by atoms with Crippen molar-refractivity contribution in [1.82, 2.24) is 10.6 Å². The van der Waals surface area contributed by atoms with E-state index < -0.39 is 0 Å². The van der Waals surface area contributed by atoms with E-state index in [0.717, 1.165) is 6.54 Å². The molecular formula is C11H21N3. The summed E-state index contributed by atoms with van der Waals surface area (Å²) < 4.78 is 0.